The smallest absolute Gasteiger partial charge is 0.269 e. The molecule has 5 rings (SSSR count). The highest BCUT2D eigenvalue weighted by molar-refractivity contribution is 7.99. The number of aromatic nitrogens is 2. The molecule has 0 amide bonds. The Morgan fingerprint density at radius 2 is 1.64 bits per heavy atom. The van der Waals surface area contributed by atoms with Crippen LogP contribution >= 0.6 is 23.1 Å². The van der Waals surface area contributed by atoms with Crippen LogP contribution in [-0.4, -0.2) is 14.3 Å². The second kappa shape index (κ2) is 6.78. The van der Waals surface area contributed by atoms with Gasteiger partial charge in [-0.3, -0.25) is 14.5 Å². The molecular formula is C21H13N3O2S2. The molecule has 0 fully saturated rings. The SMILES string of the molecule is O=[N+]([O-])c1ccc(Sc2c(-c3ccccc3)nc3sc4ccccc4n23)cc1. The molecule has 5 aromatic rings. The minimum Gasteiger partial charge on any atom is -0.277 e. The van der Waals surface area contributed by atoms with Crippen molar-refractivity contribution in [2.75, 3.05) is 0 Å². The number of nitro groups is 1. The molecule has 0 aliphatic carbocycles. The molecule has 0 aliphatic heterocycles. The lowest BCUT2D eigenvalue weighted by Crippen LogP contribution is -1.88. The maximum Gasteiger partial charge on any atom is 0.269 e. The van der Waals surface area contributed by atoms with Crippen LogP contribution in [0.1, 0.15) is 0 Å². The topological polar surface area (TPSA) is 60.4 Å². The molecule has 5 nitrogen and oxygen atoms in total. The molecular weight excluding hydrogens is 390 g/mol. The average Bonchev–Trinajstić information content (AvgIpc) is 3.26. The van der Waals surface area contributed by atoms with Crippen molar-refractivity contribution in [1.29, 1.82) is 0 Å². The molecule has 0 unspecified atom stereocenters. The second-order valence-corrected chi connectivity index (χ2v) is 8.24. The maximum absolute atomic E-state index is 10.9. The molecule has 2 heterocycles. The molecule has 0 spiro atoms. The Balaban J connectivity index is 1.70. The molecule has 0 atom stereocenters. The summed E-state index contributed by atoms with van der Waals surface area (Å²) in [6.07, 6.45) is 0. The zero-order valence-electron chi connectivity index (χ0n) is 14.5. The first-order valence-electron chi connectivity index (χ1n) is 8.58. The van der Waals surface area contributed by atoms with Gasteiger partial charge in [0.25, 0.3) is 5.69 Å². The summed E-state index contributed by atoms with van der Waals surface area (Å²) >= 11 is 3.23. The fourth-order valence-electron chi connectivity index (χ4n) is 3.12. The van der Waals surface area contributed by atoms with E-state index >= 15 is 0 Å². The van der Waals surface area contributed by atoms with Crippen LogP contribution in [0.4, 0.5) is 5.69 Å². The minimum atomic E-state index is -0.382. The van der Waals surface area contributed by atoms with E-state index in [9.17, 15) is 10.1 Å². The Labute approximate surface area is 168 Å². The Hall–Kier alpha value is -3.16. The van der Waals surface area contributed by atoms with Crippen LogP contribution < -0.4 is 0 Å². The number of hydrogen-bond donors (Lipinski definition) is 0. The quantitative estimate of drug-likeness (QED) is 0.262. The van der Waals surface area contributed by atoms with Crippen LogP contribution in [0.25, 0.3) is 26.4 Å². The molecule has 136 valence electrons. The van der Waals surface area contributed by atoms with E-state index in [4.69, 9.17) is 4.98 Å². The molecule has 0 radical (unpaired) electrons. The molecule has 0 aliphatic rings. The van der Waals surface area contributed by atoms with Gasteiger partial charge in [-0.05, 0) is 24.3 Å². The lowest BCUT2D eigenvalue weighted by Gasteiger charge is -2.05. The Morgan fingerprint density at radius 3 is 2.39 bits per heavy atom. The Morgan fingerprint density at radius 1 is 0.929 bits per heavy atom. The first-order chi connectivity index (χ1) is 13.7. The third kappa shape index (κ3) is 2.85. The first-order valence-corrected chi connectivity index (χ1v) is 10.2. The first kappa shape index (κ1) is 17.0. The molecule has 2 aromatic heterocycles. The number of imidazole rings is 1. The molecule has 0 N–H and O–H groups in total. The van der Waals surface area contributed by atoms with Gasteiger partial charge in [0.1, 0.15) is 10.7 Å². The summed E-state index contributed by atoms with van der Waals surface area (Å²) in [7, 11) is 0. The average molecular weight is 403 g/mol. The van der Waals surface area contributed by atoms with Gasteiger partial charge in [-0.2, -0.15) is 0 Å². The van der Waals surface area contributed by atoms with Crippen molar-refractivity contribution in [1.82, 2.24) is 9.38 Å². The predicted molar refractivity (Wildman–Crippen MR) is 113 cm³/mol. The predicted octanol–water partition coefficient (Wildman–Crippen LogP) is 6.28. The minimum absolute atomic E-state index is 0.0899. The van der Waals surface area contributed by atoms with Crippen molar-refractivity contribution in [3.8, 4) is 11.3 Å². The van der Waals surface area contributed by atoms with Gasteiger partial charge in [0, 0.05) is 22.6 Å². The number of non-ortho nitro benzene ring substituents is 1. The van der Waals surface area contributed by atoms with Gasteiger partial charge in [0.2, 0.25) is 0 Å². The van der Waals surface area contributed by atoms with E-state index in [0.29, 0.717) is 0 Å². The van der Waals surface area contributed by atoms with Crippen molar-refractivity contribution in [3.05, 3.63) is 89.0 Å². The van der Waals surface area contributed by atoms with Crippen molar-refractivity contribution in [2.24, 2.45) is 0 Å². The third-order valence-electron chi connectivity index (χ3n) is 4.42. The van der Waals surface area contributed by atoms with Crippen LogP contribution in [0.5, 0.6) is 0 Å². The summed E-state index contributed by atoms with van der Waals surface area (Å²) < 4.78 is 3.35. The monoisotopic (exact) mass is 403 g/mol. The summed E-state index contributed by atoms with van der Waals surface area (Å²) in [4.78, 5) is 17.3. The summed E-state index contributed by atoms with van der Waals surface area (Å²) in [6, 6.07) is 25.0. The number of nitro benzene ring substituents is 1. The van der Waals surface area contributed by atoms with Gasteiger partial charge in [-0.1, -0.05) is 65.6 Å². The highest BCUT2D eigenvalue weighted by Crippen LogP contribution is 2.40. The van der Waals surface area contributed by atoms with Gasteiger partial charge < -0.3 is 0 Å². The normalized spacial score (nSPS) is 11.3. The summed E-state index contributed by atoms with van der Waals surface area (Å²) in [6.45, 7) is 0. The highest BCUT2D eigenvalue weighted by Gasteiger charge is 2.19. The van der Waals surface area contributed by atoms with Crippen LogP contribution in [0.15, 0.2) is 88.8 Å². The van der Waals surface area contributed by atoms with Gasteiger partial charge >= 0.3 is 0 Å². The number of rotatable bonds is 4. The van der Waals surface area contributed by atoms with E-state index in [1.54, 1.807) is 35.2 Å². The zero-order valence-corrected chi connectivity index (χ0v) is 16.1. The second-order valence-electron chi connectivity index (χ2n) is 6.17. The lowest BCUT2D eigenvalue weighted by molar-refractivity contribution is -0.384. The summed E-state index contributed by atoms with van der Waals surface area (Å²) in [5.41, 5.74) is 3.17. The van der Waals surface area contributed by atoms with Crippen LogP contribution in [-0.2, 0) is 0 Å². The van der Waals surface area contributed by atoms with Crippen LogP contribution in [0.3, 0.4) is 0 Å². The molecule has 3 aromatic carbocycles. The standard InChI is InChI=1S/C21H13N3O2S2/c25-24(26)15-10-12-16(13-11-15)27-20-19(14-6-2-1-3-7-14)22-21-23(20)17-8-4-5-9-18(17)28-21/h1-13H. The zero-order chi connectivity index (χ0) is 19.1. The van der Waals surface area contributed by atoms with E-state index in [0.717, 1.165) is 31.7 Å². The maximum atomic E-state index is 10.9. The molecule has 0 saturated carbocycles. The van der Waals surface area contributed by atoms with E-state index < -0.39 is 0 Å². The Bertz CT molecular complexity index is 1310. The summed E-state index contributed by atoms with van der Waals surface area (Å²) in [5, 5.41) is 11.9. The van der Waals surface area contributed by atoms with Crippen LogP contribution in [0, 0.1) is 10.1 Å². The fourth-order valence-corrected chi connectivity index (χ4v) is 5.23. The number of hydrogen-bond acceptors (Lipinski definition) is 5. The van der Waals surface area contributed by atoms with Gasteiger partial charge in [-0.25, -0.2) is 4.98 Å². The third-order valence-corrected chi connectivity index (χ3v) is 6.52. The molecule has 7 heteroatoms. The van der Waals surface area contributed by atoms with E-state index in [2.05, 4.69) is 28.7 Å². The fraction of sp³-hybridized carbons (Fsp3) is 0. The van der Waals surface area contributed by atoms with Crippen molar-refractivity contribution in [2.45, 2.75) is 9.92 Å². The number of fused-ring (bicyclic) bond motifs is 3. The summed E-state index contributed by atoms with van der Waals surface area (Å²) in [5.74, 6) is 0. The van der Waals surface area contributed by atoms with Crippen molar-refractivity contribution >= 4 is 44.0 Å². The molecule has 0 bridgehead atoms. The largest absolute Gasteiger partial charge is 0.277 e. The van der Waals surface area contributed by atoms with Crippen molar-refractivity contribution in [3.63, 3.8) is 0 Å². The molecule has 28 heavy (non-hydrogen) atoms. The van der Waals surface area contributed by atoms with E-state index in [1.807, 2.05) is 30.3 Å². The van der Waals surface area contributed by atoms with E-state index in [1.165, 1.54) is 16.8 Å². The number of para-hydroxylation sites is 1. The van der Waals surface area contributed by atoms with Crippen LogP contribution in [0.2, 0.25) is 0 Å². The number of nitrogens with zero attached hydrogens (tertiary/aromatic N) is 3. The number of thiazole rings is 1. The highest BCUT2D eigenvalue weighted by atomic mass is 32.2. The van der Waals surface area contributed by atoms with Gasteiger partial charge in [0.15, 0.2) is 4.96 Å². The van der Waals surface area contributed by atoms with Gasteiger partial charge in [0.05, 0.1) is 15.1 Å². The van der Waals surface area contributed by atoms with Gasteiger partial charge in [-0.15, -0.1) is 0 Å². The van der Waals surface area contributed by atoms with E-state index in [-0.39, 0.29) is 10.6 Å². The Kier molecular flexibility index (Phi) is 4.11. The molecule has 0 saturated heterocycles. The lowest BCUT2D eigenvalue weighted by atomic mass is 10.2. The van der Waals surface area contributed by atoms with Crippen molar-refractivity contribution < 1.29 is 4.92 Å². The number of benzene rings is 3.